The highest BCUT2D eigenvalue weighted by Crippen LogP contribution is 2.25. The Morgan fingerprint density at radius 2 is 1.89 bits per heavy atom. The van der Waals surface area contributed by atoms with Crippen LogP contribution in [0.3, 0.4) is 0 Å². The van der Waals surface area contributed by atoms with Gasteiger partial charge in [-0.2, -0.15) is 0 Å². The smallest absolute Gasteiger partial charge is 0.338 e. The lowest BCUT2D eigenvalue weighted by atomic mass is 10.1. The van der Waals surface area contributed by atoms with Crippen LogP contribution in [-0.2, 0) is 25.8 Å². The second kappa shape index (κ2) is 8.61. The van der Waals surface area contributed by atoms with Gasteiger partial charge in [0.25, 0.3) is 11.6 Å². The third kappa shape index (κ3) is 5.36. The molecule has 0 aliphatic heterocycles. The summed E-state index contributed by atoms with van der Waals surface area (Å²) in [5, 5.41) is 13.7. The monoisotopic (exact) mass is 406 g/mol. The molecule has 0 radical (unpaired) electrons. The van der Waals surface area contributed by atoms with Crippen molar-refractivity contribution in [3.8, 4) is 0 Å². The number of aryl methyl sites for hydroxylation is 1. The molecule has 0 heterocycles. The summed E-state index contributed by atoms with van der Waals surface area (Å²) < 4.78 is 28.1. The average molecular weight is 406 g/mol. The first-order chi connectivity index (χ1) is 13.1. The van der Waals surface area contributed by atoms with E-state index in [2.05, 4.69) is 5.32 Å². The highest BCUT2D eigenvalue weighted by molar-refractivity contribution is 7.90. The fraction of sp³-hybridized carbons (Fsp3) is 0.222. The summed E-state index contributed by atoms with van der Waals surface area (Å²) in [5.41, 5.74) is 0.597. The predicted octanol–water partition coefficient (Wildman–Crippen LogP) is 2.36. The first-order valence-electron chi connectivity index (χ1n) is 8.16. The van der Waals surface area contributed by atoms with E-state index in [0.29, 0.717) is 5.69 Å². The number of carbonyl (C=O) groups excluding carboxylic acids is 2. The Bertz CT molecular complexity index is 1030. The van der Waals surface area contributed by atoms with Gasteiger partial charge in [0.05, 0.1) is 10.5 Å². The zero-order chi connectivity index (χ0) is 20.9. The molecule has 0 fully saturated rings. The van der Waals surface area contributed by atoms with Gasteiger partial charge >= 0.3 is 5.97 Å². The van der Waals surface area contributed by atoms with Gasteiger partial charge < -0.3 is 10.1 Å². The minimum atomic E-state index is -3.84. The number of nitrogens with one attached hydrogen (secondary N) is 1. The Hall–Kier alpha value is -3.27. The normalized spacial score (nSPS) is 10.9. The van der Waals surface area contributed by atoms with Gasteiger partial charge in [0.1, 0.15) is 4.90 Å². The zero-order valence-electron chi connectivity index (χ0n) is 15.2. The molecule has 0 spiro atoms. The highest BCUT2D eigenvalue weighted by atomic mass is 32.2. The van der Waals surface area contributed by atoms with E-state index in [9.17, 15) is 28.1 Å². The zero-order valence-corrected chi connectivity index (χ0v) is 16.0. The van der Waals surface area contributed by atoms with E-state index < -0.39 is 43.8 Å². The molecule has 0 atom stereocenters. The fourth-order valence-corrected chi connectivity index (χ4v) is 3.21. The summed E-state index contributed by atoms with van der Waals surface area (Å²) >= 11 is 0. The number of benzene rings is 2. The lowest BCUT2D eigenvalue weighted by Gasteiger charge is -2.08. The molecule has 0 aliphatic rings. The van der Waals surface area contributed by atoms with E-state index in [1.807, 2.05) is 13.0 Å². The number of ether oxygens (including phenoxy) is 1. The maximum atomic E-state index is 12.1. The maximum Gasteiger partial charge on any atom is 0.338 e. The van der Waals surface area contributed by atoms with Crippen LogP contribution in [0.25, 0.3) is 0 Å². The standard InChI is InChI=1S/C18H18N2O7S/c1-3-12-5-4-6-14(9-12)19-17(21)11-27-18(22)13-7-8-16(28(2,25)26)15(10-13)20(23)24/h4-10H,3,11H2,1-2H3,(H,19,21). The Morgan fingerprint density at radius 3 is 2.50 bits per heavy atom. The van der Waals surface area contributed by atoms with Crippen LogP contribution in [0.2, 0.25) is 0 Å². The molecule has 2 aromatic rings. The van der Waals surface area contributed by atoms with Crippen molar-refractivity contribution in [1.29, 1.82) is 0 Å². The lowest BCUT2D eigenvalue weighted by Crippen LogP contribution is -2.21. The van der Waals surface area contributed by atoms with Crippen LogP contribution in [-0.4, -0.2) is 38.1 Å². The van der Waals surface area contributed by atoms with Crippen molar-refractivity contribution < 1.29 is 27.7 Å². The number of nitrogens with zero attached hydrogens (tertiary/aromatic N) is 1. The van der Waals surface area contributed by atoms with E-state index in [1.165, 1.54) is 0 Å². The average Bonchev–Trinajstić information content (AvgIpc) is 2.65. The minimum Gasteiger partial charge on any atom is -0.452 e. The van der Waals surface area contributed by atoms with Crippen molar-refractivity contribution in [2.75, 3.05) is 18.2 Å². The van der Waals surface area contributed by atoms with Gasteiger partial charge in [0.2, 0.25) is 0 Å². The Balaban J connectivity index is 2.07. The summed E-state index contributed by atoms with van der Waals surface area (Å²) in [6.45, 7) is 1.37. The van der Waals surface area contributed by atoms with E-state index in [1.54, 1.807) is 18.2 Å². The first kappa shape index (κ1) is 21.0. The molecule has 148 valence electrons. The van der Waals surface area contributed by atoms with Crippen molar-refractivity contribution in [3.63, 3.8) is 0 Å². The number of esters is 1. The molecule has 1 N–H and O–H groups in total. The minimum absolute atomic E-state index is 0.236. The summed E-state index contributed by atoms with van der Waals surface area (Å²) in [6.07, 6.45) is 1.62. The Morgan fingerprint density at radius 1 is 1.18 bits per heavy atom. The molecule has 0 aliphatic carbocycles. The molecule has 1 amide bonds. The summed E-state index contributed by atoms with van der Waals surface area (Å²) in [5.74, 6) is -1.57. The molecular formula is C18H18N2O7S. The first-order valence-corrected chi connectivity index (χ1v) is 10.1. The molecular weight excluding hydrogens is 388 g/mol. The summed E-state index contributed by atoms with van der Waals surface area (Å²) in [7, 11) is -3.84. The molecule has 0 bridgehead atoms. The van der Waals surface area contributed by atoms with Crippen LogP contribution in [0.1, 0.15) is 22.8 Å². The number of hydrogen-bond donors (Lipinski definition) is 1. The lowest BCUT2D eigenvalue weighted by molar-refractivity contribution is -0.387. The SMILES string of the molecule is CCc1cccc(NC(=O)COC(=O)c2ccc(S(C)(=O)=O)c([N+](=O)[O-])c2)c1. The predicted molar refractivity (Wildman–Crippen MR) is 101 cm³/mol. The van der Waals surface area contributed by atoms with Crippen LogP contribution >= 0.6 is 0 Å². The Kier molecular flexibility index (Phi) is 6.47. The van der Waals surface area contributed by atoms with Crippen LogP contribution < -0.4 is 5.32 Å². The largest absolute Gasteiger partial charge is 0.452 e. The van der Waals surface area contributed by atoms with Gasteiger partial charge in [-0.15, -0.1) is 0 Å². The van der Waals surface area contributed by atoms with Crippen LogP contribution in [0, 0.1) is 10.1 Å². The summed E-state index contributed by atoms with van der Waals surface area (Å²) in [4.78, 5) is 33.7. The maximum absolute atomic E-state index is 12.1. The van der Waals surface area contributed by atoms with E-state index in [0.717, 1.165) is 36.4 Å². The van der Waals surface area contributed by atoms with E-state index in [-0.39, 0.29) is 5.56 Å². The molecule has 9 nitrogen and oxygen atoms in total. The van der Waals surface area contributed by atoms with Gasteiger partial charge in [0, 0.05) is 18.0 Å². The van der Waals surface area contributed by atoms with Crippen molar-refractivity contribution in [2.24, 2.45) is 0 Å². The fourth-order valence-electron chi connectivity index (χ4n) is 2.38. The quantitative estimate of drug-likeness (QED) is 0.424. The second-order valence-electron chi connectivity index (χ2n) is 5.89. The topological polar surface area (TPSA) is 133 Å². The van der Waals surface area contributed by atoms with Crippen molar-refractivity contribution in [3.05, 3.63) is 63.7 Å². The van der Waals surface area contributed by atoms with Gasteiger partial charge in [-0.05, 0) is 36.2 Å². The van der Waals surface area contributed by atoms with E-state index in [4.69, 9.17) is 4.74 Å². The van der Waals surface area contributed by atoms with Crippen molar-refractivity contribution in [1.82, 2.24) is 0 Å². The van der Waals surface area contributed by atoms with Crippen molar-refractivity contribution in [2.45, 2.75) is 18.2 Å². The summed E-state index contributed by atoms with van der Waals surface area (Å²) in [6, 6.07) is 10.0. The van der Waals surface area contributed by atoms with Crippen LogP contribution in [0.4, 0.5) is 11.4 Å². The van der Waals surface area contributed by atoms with Crippen molar-refractivity contribution >= 4 is 33.1 Å². The molecule has 0 unspecified atom stereocenters. The van der Waals surface area contributed by atoms with Gasteiger partial charge in [-0.1, -0.05) is 19.1 Å². The highest BCUT2D eigenvalue weighted by Gasteiger charge is 2.24. The van der Waals surface area contributed by atoms with Gasteiger partial charge in [0.15, 0.2) is 16.4 Å². The number of nitro benzene ring substituents is 1. The van der Waals surface area contributed by atoms with E-state index >= 15 is 0 Å². The number of anilines is 1. The number of amides is 1. The third-order valence-electron chi connectivity index (χ3n) is 3.74. The third-order valence-corrected chi connectivity index (χ3v) is 4.89. The number of carbonyl (C=O) groups is 2. The molecule has 2 aromatic carbocycles. The molecule has 10 heteroatoms. The number of hydrogen-bond acceptors (Lipinski definition) is 7. The number of nitro groups is 1. The van der Waals surface area contributed by atoms with Crippen LogP contribution in [0.15, 0.2) is 47.4 Å². The number of sulfone groups is 1. The number of rotatable bonds is 7. The Labute approximate surface area is 161 Å². The molecule has 2 rings (SSSR count). The van der Waals surface area contributed by atoms with Crippen LogP contribution in [0.5, 0.6) is 0 Å². The second-order valence-corrected chi connectivity index (χ2v) is 7.87. The molecule has 28 heavy (non-hydrogen) atoms. The molecule has 0 aromatic heterocycles. The molecule has 0 saturated heterocycles. The van der Waals surface area contributed by atoms with Gasteiger partial charge in [-0.3, -0.25) is 14.9 Å². The van der Waals surface area contributed by atoms with Gasteiger partial charge in [-0.25, -0.2) is 13.2 Å². The molecule has 0 saturated carbocycles.